The highest BCUT2D eigenvalue weighted by atomic mass is 16.5. The van der Waals surface area contributed by atoms with E-state index < -0.39 is 0 Å². The molecule has 2 heterocycles. The molecule has 1 fully saturated rings. The molecule has 1 aromatic carbocycles. The summed E-state index contributed by atoms with van der Waals surface area (Å²) in [7, 11) is 0. The van der Waals surface area contributed by atoms with Crippen LogP contribution in [-0.4, -0.2) is 55.0 Å². The number of amides is 1. The molecule has 0 saturated carbocycles. The largest absolute Gasteiger partial charge is 0.492 e. The van der Waals surface area contributed by atoms with Crippen LogP contribution >= 0.6 is 0 Å². The predicted molar refractivity (Wildman–Crippen MR) is 87.7 cm³/mol. The minimum atomic E-state index is 0.0213. The summed E-state index contributed by atoms with van der Waals surface area (Å²) in [6.45, 7) is 4.41. The van der Waals surface area contributed by atoms with Crippen molar-refractivity contribution in [1.29, 1.82) is 5.26 Å². The fraction of sp³-hybridized carbons (Fsp3) is 0.333. The van der Waals surface area contributed by atoms with Crippen LogP contribution in [0.1, 0.15) is 15.9 Å². The van der Waals surface area contributed by atoms with Crippen LogP contribution in [-0.2, 0) is 0 Å². The lowest BCUT2D eigenvalue weighted by atomic mass is 10.2. The van der Waals surface area contributed by atoms with Crippen LogP contribution in [0.2, 0.25) is 0 Å². The van der Waals surface area contributed by atoms with E-state index in [0.29, 0.717) is 36.6 Å². The molecule has 6 heteroatoms. The summed E-state index contributed by atoms with van der Waals surface area (Å²) in [5.74, 6) is 0.732. The molecule has 6 nitrogen and oxygen atoms in total. The van der Waals surface area contributed by atoms with Gasteiger partial charge < -0.3 is 14.1 Å². The number of carbonyl (C=O) groups excluding carboxylic acids is 1. The van der Waals surface area contributed by atoms with Crippen LogP contribution in [0.4, 0.5) is 0 Å². The van der Waals surface area contributed by atoms with Gasteiger partial charge in [-0.05, 0) is 24.3 Å². The van der Waals surface area contributed by atoms with Gasteiger partial charge in [-0.25, -0.2) is 0 Å². The van der Waals surface area contributed by atoms with E-state index in [1.165, 1.54) is 12.5 Å². The molecule has 0 N–H and O–H groups in total. The van der Waals surface area contributed by atoms with Gasteiger partial charge in [-0.3, -0.25) is 9.69 Å². The summed E-state index contributed by atoms with van der Waals surface area (Å²) in [6, 6.07) is 10.9. The van der Waals surface area contributed by atoms with E-state index in [1.54, 1.807) is 18.2 Å². The Kier molecular flexibility index (Phi) is 5.14. The third kappa shape index (κ3) is 3.94. The summed E-state index contributed by atoms with van der Waals surface area (Å²) in [5, 5.41) is 8.88. The molecule has 1 aliphatic heterocycles. The zero-order chi connectivity index (χ0) is 16.8. The molecule has 1 amide bonds. The summed E-state index contributed by atoms with van der Waals surface area (Å²) in [4.78, 5) is 16.3. The highest BCUT2D eigenvalue weighted by Gasteiger charge is 2.22. The SMILES string of the molecule is N#Cc1cccc(OCCN2CCN(C(=O)c3ccoc3)CC2)c1. The number of furan rings is 1. The molecule has 0 spiro atoms. The molecule has 0 atom stereocenters. The van der Waals surface area contributed by atoms with Crippen LogP contribution in [0.3, 0.4) is 0 Å². The van der Waals surface area contributed by atoms with E-state index in [4.69, 9.17) is 14.4 Å². The Morgan fingerprint density at radius 3 is 2.79 bits per heavy atom. The second-order valence-electron chi connectivity index (χ2n) is 5.63. The van der Waals surface area contributed by atoms with Gasteiger partial charge in [0.2, 0.25) is 0 Å². The predicted octanol–water partition coefficient (Wildman–Crippen LogP) is 1.99. The Hall–Kier alpha value is -2.78. The van der Waals surface area contributed by atoms with Gasteiger partial charge in [0.25, 0.3) is 5.91 Å². The number of benzene rings is 1. The first-order valence-corrected chi connectivity index (χ1v) is 7.93. The lowest BCUT2D eigenvalue weighted by Gasteiger charge is -2.34. The van der Waals surface area contributed by atoms with Crippen molar-refractivity contribution in [2.45, 2.75) is 0 Å². The molecule has 124 valence electrons. The maximum Gasteiger partial charge on any atom is 0.257 e. The Bertz CT molecular complexity index is 713. The van der Waals surface area contributed by atoms with Gasteiger partial charge in [-0.15, -0.1) is 0 Å². The Balaban J connectivity index is 1.41. The van der Waals surface area contributed by atoms with Crippen molar-refractivity contribution in [3.63, 3.8) is 0 Å². The molecule has 1 saturated heterocycles. The van der Waals surface area contributed by atoms with Crippen LogP contribution < -0.4 is 4.74 Å². The molecule has 1 aromatic heterocycles. The van der Waals surface area contributed by atoms with Crippen molar-refractivity contribution in [2.75, 3.05) is 39.3 Å². The lowest BCUT2D eigenvalue weighted by molar-refractivity contribution is 0.0619. The van der Waals surface area contributed by atoms with E-state index in [-0.39, 0.29) is 5.91 Å². The summed E-state index contributed by atoms with van der Waals surface area (Å²) in [6.07, 6.45) is 3.00. The molecule has 3 rings (SSSR count). The van der Waals surface area contributed by atoms with E-state index in [0.717, 1.165) is 19.6 Å². The van der Waals surface area contributed by atoms with E-state index in [2.05, 4.69) is 11.0 Å². The number of carbonyl (C=O) groups is 1. The zero-order valence-electron chi connectivity index (χ0n) is 13.4. The maximum absolute atomic E-state index is 12.2. The van der Waals surface area contributed by atoms with Gasteiger partial charge in [0.1, 0.15) is 18.6 Å². The van der Waals surface area contributed by atoms with E-state index in [9.17, 15) is 4.79 Å². The second kappa shape index (κ2) is 7.66. The number of ether oxygens (including phenoxy) is 1. The van der Waals surface area contributed by atoms with Gasteiger partial charge in [0.05, 0.1) is 23.5 Å². The molecule has 0 radical (unpaired) electrons. The van der Waals surface area contributed by atoms with Gasteiger partial charge in [0.15, 0.2) is 0 Å². The Morgan fingerprint density at radius 1 is 1.25 bits per heavy atom. The second-order valence-corrected chi connectivity index (χ2v) is 5.63. The fourth-order valence-corrected chi connectivity index (χ4v) is 2.69. The highest BCUT2D eigenvalue weighted by molar-refractivity contribution is 5.93. The number of rotatable bonds is 5. The number of hydrogen-bond acceptors (Lipinski definition) is 5. The molecular formula is C18H19N3O3. The maximum atomic E-state index is 12.2. The minimum Gasteiger partial charge on any atom is -0.492 e. The third-order valence-electron chi connectivity index (χ3n) is 4.07. The molecule has 0 bridgehead atoms. The smallest absolute Gasteiger partial charge is 0.257 e. The first-order valence-electron chi connectivity index (χ1n) is 7.93. The van der Waals surface area contributed by atoms with Crippen molar-refractivity contribution in [3.05, 3.63) is 54.0 Å². The van der Waals surface area contributed by atoms with Crippen LogP contribution in [0, 0.1) is 11.3 Å². The number of nitrogens with zero attached hydrogens (tertiary/aromatic N) is 3. The molecular weight excluding hydrogens is 306 g/mol. The van der Waals surface area contributed by atoms with Crippen molar-refractivity contribution in [1.82, 2.24) is 9.80 Å². The van der Waals surface area contributed by atoms with Crippen LogP contribution in [0.25, 0.3) is 0 Å². The monoisotopic (exact) mass is 325 g/mol. The lowest BCUT2D eigenvalue weighted by Crippen LogP contribution is -2.49. The van der Waals surface area contributed by atoms with Crippen LogP contribution in [0.5, 0.6) is 5.75 Å². The first-order chi connectivity index (χ1) is 11.8. The molecule has 2 aromatic rings. The quantitative estimate of drug-likeness (QED) is 0.841. The van der Waals surface area contributed by atoms with Gasteiger partial charge in [-0.1, -0.05) is 6.07 Å². The standard InChI is InChI=1S/C18H19N3O3/c19-13-15-2-1-3-17(12-15)24-11-9-20-5-7-21(8-6-20)18(22)16-4-10-23-14-16/h1-4,10,12,14H,5-9,11H2. The van der Waals surface area contributed by atoms with Crippen molar-refractivity contribution >= 4 is 5.91 Å². The van der Waals surface area contributed by atoms with Gasteiger partial charge >= 0.3 is 0 Å². The topological polar surface area (TPSA) is 69.7 Å². The average molecular weight is 325 g/mol. The number of piperazine rings is 1. The van der Waals surface area contributed by atoms with Gasteiger partial charge in [-0.2, -0.15) is 5.26 Å². The van der Waals surface area contributed by atoms with E-state index >= 15 is 0 Å². The summed E-state index contributed by atoms with van der Waals surface area (Å²) >= 11 is 0. The third-order valence-corrected chi connectivity index (χ3v) is 4.07. The number of hydrogen-bond donors (Lipinski definition) is 0. The minimum absolute atomic E-state index is 0.0213. The molecule has 24 heavy (non-hydrogen) atoms. The molecule has 0 unspecified atom stereocenters. The van der Waals surface area contributed by atoms with Crippen molar-refractivity contribution < 1.29 is 13.9 Å². The van der Waals surface area contributed by atoms with Crippen molar-refractivity contribution in [2.24, 2.45) is 0 Å². The molecule has 1 aliphatic rings. The van der Waals surface area contributed by atoms with Gasteiger partial charge in [0, 0.05) is 32.7 Å². The number of nitriles is 1. The van der Waals surface area contributed by atoms with Crippen LogP contribution in [0.15, 0.2) is 47.3 Å². The Morgan fingerprint density at radius 2 is 2.08 bits per heavy atom. The average Bonchev–Trinajstić information content (AvgIpc) is 3.16. The summed E-state index contributed by atoms with van der Waals surface area (Å²) in [5.41, 5.74) is 1.20. The normalized spacial score (nSPS) is 15.0. The zero-order valence-corrected chi connectivity index (χ0v) is 13.4. The highest BCUT2D eigenvalue weighted by Crippen LogP contribution is 2.13. The molecule has 0 aliphatic carbocycles. The van der Waals surface area contributed by atoms with Crippen molar-refractivity contribution in [3.8, 4) is 11.8 Å². The Labute approximate surface area is 140 Å². The summed E-state index contributed by atoms with van der Waals surface area (Å²) < 4.78 is 10.7. The fourth-order valence-electron chi connectivity index (χ4n) is 2.69. The first kappa shape index (κ1) is 16.1. The van der Waals surface area contributed by atoms with E-state index in [1.807, 2.05) is 17.0 Å².